The Labute approximate surface area is 173 Å². The highest BCUT2D eigenvalue weighted by Gasteiger charge is 2.13. The third-order valence-corrected chi connectivity index (χ3v) is 4.63. The molecule has 3 rings (SSSR count). The van der Waals surface area contributed by atoms with Gasteiger partial charge in [0, 0.05) is 23.5 Å². The van der Waals surface area contributed by atoms with E-state index in [1.54, 1.807) is 24.5 Å². The predicted octanol–water partition coefficient (Wildman–Crippen LogP) is 4.01. The van der Waals surface area contributed by atoms with Gasteiger partial charge < -0.3 is 13.9 Å². The molecule has 2 aromatic heterocycles. The minimum Gasteiger partial charge on any atom is -0.480 e. The number of esters is 1. The number of hydrogen-bond acceptors (Lipinski definition) is 8. The van der Waals surface area contributed by atoms with Crippen molar-refractivity contribution in [2.24, 2.45) is 0 Å². The topological polar surface area (TPSA) is 91.5 Å². The molecule has 0 aliphatic carbocycles. The molecule has 144 valence electrons. The summed E-state index contributed by atoms with van der Waals surface area (Å²) in [6.07, 6.45) is 4.32. The van der Waals surface area contributed by atoms with Crippen LogP contribution in [0.3, 0.4) is 0 Å². The molecule has 0 saturated heterocycles. The monoisotopic (exact) mass is 438 g/mol. The molecule has 3 aromatic rings. The summed E-state index contributed by atoms with van der Waals surface area (Å²) in [4.78, 5) is 32.1. The minimum absolute atomic E-state index is 0.236. The second kappa shape index (κ2) is 9.59. The summed E-state index contributed by atoms with van der Waals surface area (Å²) in [5.41, 5.74) is -0.492. The van der Waals surface area contributed by atoms with Crippen molar-refractivity contribution in [3.8, 4) is 11.5 Å². The van der Waals surface area contributed by atoms with Crippen molar-refractivity contribution < 1.29 is 18.7 Å². The van der Waals surface area contributed by atoms with Gasteiger partial charge in [0.25, 0.3) is 0 Å². The lowest BCUT2D eigenvalue weighted by Crippen LogP contribution is -2.21. The molecule has 0 radical (unpaired) electrons. The fourth-order valence-electron chi connectivity index (χ4n) is 1.97. The van der Waals surface area contributed by atoms with Crippen LogP contribution in [0.5, 0.6) is 11.5 Å². The number of carbonyl (C=O) groups excluding carboxylic acids is 1. The molecule has 0 aliphatic rings. The van der Waals surface area contributed by atoms with Crippen LogP contribution >= 0.6 is 35.0 Å². The molecule has 28 heavy (non-hydrogen) atoms. The number of carbonyl (C=O) groups is 1. The summed E-state index contributed by atoms with van der Waals surface area (Å²) in [6, 6.07) is 7.53. The van der Waals surface area contributed by atoms with Gasteiger partial charge >= 0.3 is 5.97 Å². The molecule has 0 unspecified atom stereocenters. The highest BCUT2D eigenvalue weighted by Crippen LogP contribution is 2.27. The molecule has 2 heterocycles. The second-order valence-corrected chi connectivity index (χ2v) is 7.02. The first-order chi connectivity index (χ1) is 13.5. The molecule has 0 N–H and O–H groups in total. The van der Waals surface area contributed by atoms with Gasteiger partial charge in [0.1, 0.15) is 17.8 Å². The number of hydrogen-bond donors (Lipinski definition) is 0. The third-order valence-electron chi connectivity index (χ3n) is 3.20. The molecule has 0 aliphatic heterocycles. The summed E-state index contributed by atoms with van der Waals surface area (Å²) in [5, 5.41) is 1.25. The summed E-state index contributed by atoms with van der Waals surface area (Å²) in [5.74, 6) is 0.00158. The first-order valence-electron chi connectivity index (χ1n) is 7.81. The fraction of sp³-hybridized carbons (Fsp3) is 0.111. The van der Waals surface area contributed by atoms with Gasteiger partial charge in [-0.3, -0.25) is 4.79 Å². The number of rotatable bonds is 7. The molecule has 7 nitrogen and oxygen atoms in total. The lowest BCUT2D eigenvalue weighted by atomic mass is 10.3. The van der Waals surface area contributed by atoms with Gasteiger partial charge in [-0.25, -0.2) is 14.8 Å². The van der Waals surface area contributed by atoms with E-state index in [0.717, 1.165) is 6.26 Å². The molecule has 0 fully saturated rings. The molecule has 0 amide bonds. The van der Waals surface area contributed by atoms with Crippen LogP contribution in [0, 0.1) is 0 Å². The van der Waals surface area contributed by atoms with Crippen molar-refractivity contribution in [2.75, 3.05) is 6.61 Å². The molecular formula is C18H12Cl2N2O5S. The maximum absolute atomic E-state index is 12.1. The van der Waals surface area contributed by atoms with Crippen LogP contribution in [0.4, 0.5) is 0 Å². The molecule has 0 saturated carbocycles. The Kier molecular flexibility index (Phi) is 6.91. The quantitative estimate of drug-likeness (QED) is 0.310. The lowest BCUT2D eigenvalue weighted by Gasteiger charge is -2.08. The molecule has 10 heteroatoms. The third kappa shape index (κ3) is 5.72. The van der Waals surface area contributed by atoms with Crippen LogP contribution in [0.15, 0.2) is 63.4 Å². The van der Waals surface area contributed by atoms with Gasteiger partial charge in [-0.15, -0.1) is 0 Å². The Hall–Kier alpha value is -2.55. The summed E-state index contributed by atoms with van der Waals surface area (Å²) >= 11 is 13.0. The van der Waals surface area contributed by atoms with E-state index in [1.165, 1.54) is 30.0 Å². The lowest BCUT2D eigenvalue weighted by molar-refractivity contribution is -0.136. The summed E-state index contributed by atoms with van der Waals surface area (Å²) in [6.45, 7) is -0.441. The Bertz CT molecular complexity index is 1030. The zero-order chi connectivity index (χ0) is 19.9. The second-order valence-electron chi connectivity index (χ2n) is 5.23. The molecule has 0 atom stereocenters. The normalized spacial score (nSPS) is 10.5. The standard InChI is InChI=1S/C18H12Cl2N2O5S/c19-11-2-3-15(13(20)6-11)26-9-17(24)27-16-8-25-12(7-14(16)23)10-28-18-21-4-1-5-22-18/h1-8H,9-10H2. The van der Waals surface area contributed by atoms with E-state index in [4.69, 9.17) is 37.1 Å². The van der Waals surface area contributed by atoms with Crippen LogP contribution in [0.25, 0.3) is 0 Å². The highest BCUT2D eigenvalue weighted by atomic mass is 35.5. The Balaban J connectivity index is 1.55. The number of halogens is 2. The van der Waals surface area contributed by atoms with Gasteiger partial charge in [0.05, 0.1) is 10.8 Å². The number of thioether (sulfide) groups is 1. The van der Waals surface area contributed by atoms with Gasteiger partial charge in [0.2, 0.25) is 11.2 Å². The average Bonchev–Trinajstić information content (AvgIpc) is 2.68. The van der Waals surface area contributed by atoms with Gasteiger partial charge in [0.15, 0.2) is 11.8 Å². The number of benzene rings is 1. The summed E-state index contributed by atoms with van der Waals surface area (Å²) in [7, 11) is 0. The maximum Gasteiger partial charge on any atom is 0.349 e. The molecule has 0 spiro atoms. The van der Waals surface area contributed by atoms with Gasteiger partial charge in [-0.1, -0.05) is 35.0 Å². The molecule has 0 bridgehead atoms. The number of ether oxygens (including phenoxy) is 2. The minimum atomic E-state index is -0.780. The van der Waals surface area contributed by atoms with Gasteiger partial charge in [-0.2, -0.15) is 0 Å². The SMILES string of the molecule is O=C(COc1ccc(Cl)cc1Cl)Oc1coc(CSc2ncccn2)cc1=O. The van der Waals surface area contributed by atoms with E-state index in [0.29, 0.717) is 21.7 Å². The van der Waals surface area contributed by atoms with Crippen LogP contribution in [0.1, 0.15) is 5.76 Å². The number of aromatic nitrogens is 2. The van der Waals surface area contributed by atoms with Crippen LogP contribution in [0.2, 0.25) is 10.0 Å². The van der Waals surface area contributed by atoms with Gasteiger partial charge in [-0.05, 0) is 24.3 Å². The summed E-state index contributed by atoms with van der Waals surface area (Å²) < 4.78 is 15.6. The Morgan fingerprint density at radius 3 is 2.64 bits per heavy atom. The first kappa shape index (κ1) is 20.2. The Morgan fingerprint density at radius 2 is 1.93 bits per heavy atom. The zero-order valence-electron chi connectivity index (χ0n) is 14.1. The largest absolute Gasteiger partial charge is 0.480 e. The predicted molar refractivity (Wildman–Crippen MR) is 104 cm³/mol. The van der Waals surface area contributed by atoms with Crippen molar-refractivity contribution in [3.63, 3.8) is 0 Å². The smallest absolute Gasteiger partial charge is 0.349 e. The maximum atomic E-state index is 12.1. The number of nitrogens with zero attached hydrogens (tertiary/aromatic N) is 2. The molecule has 1 aromatic carbocycles. The van der Waals surface area contributed by atoms with Crippen LogP contribution < -0.4 is 14.9 Å². The van der Waals surface area contributed by atoms with E-state index in [9.17, 15) is 9.59 Å². The highest BCUT2D eigenvalue weighted by molar-refractivity contribution is 7.98. The van der Waals surface area contributed by atoms with Crippen molar-refractivity contribution in [1.82, 2.24) is 9.97 Å². The van der Waals surface area contributed by atoms with Crippen LogP contribution in [-0.2, 0) is 10.5 Å². The van der Waals surface area contributed by atoms with E-state index in [2.05, 4.69) is 9.97 Å². The molecular weight excluding hydrogens is 427 g/mol. The fourth-order valence-corrected chi connectivity index (χ4v) is 3.12. The van der Waals surface area contributed by atoms with E-state index in [1.807, 2.05) is 0 Å². The van der Waals surface area contributed by atoms with Crippen molar-refractivity contribution in [3.05, 3.63) is 75.0 Å². The van der Waals surface area contributed by atoms with Crippen molar-refractivity contribution >= 4 is 40.9 Å². The van der Waals surface area contributed by atoms with Crippen molar-refractivity contribution in [2.45, 2.75) is 10.9 Å². The first-order valence-corrected chi connectivity index (χ1v) is 9.55. The zero-order valence-corrected chi connectivity index (χ0v) is 16.5. The van der Waals surface area contributed by atoms with Crippen LogP contribution in [-0.4, -0.2) is 22.5 Å². The average molecular weight is 439 g/mol. The van der Waals surface area contributed by atoms with E-state index >= 15 is 0 Å². The Morgan fingerprint density at radius 1 is 1.14 bits per heavy atom. The van der Waals surface area contributed by atoms with Crippen molar-refractivity contribution in [1.29, 1.82) is 0 Å². The van der Waals surface area contributed by atoms with E-state index < -0.39 is 18.0 Å². The van der Waals surface area contributed by atoms with E-state index in [-0.39, 0.29) is 16.5 Å².